The van der Waals surface area contributed by atoms with Gasteiger partial charge in [0.2, 0.25) is 21.6 Å². The van der Waals surface area contributed by atoms with Crippen molar-refractivity contribution in [2.75, 3.05) is 0 Å². The molecule has 1 aromatic heterocycles. The standard InChI is InChI=1S/C19H14Cl2N2O5S2/c20-15-4-1-14(2-5-15)3-10-18-22-23-19(28-18)13-29(24,25)11-12-30(26,27)17-8-6-16(21)7-9-17/h1-12H,13H2. The Balaban J connectivity index is 1.69. The van der Waals surface area contributed by atoms with Gasteiger partial charge in [-0.2, -0.15) is 0 Å². The van der Waals surface area contributed by atoms with Crippen LogP contribution in [0.2, 0.25) is 10.0 Å². The number of hydrogen-bond acceptors (Lipinski definition) is 7. The third kappa shape index (κ3) is 6.27. The fourth-order valence-corrected chi connectivity index (χ4v) is 4.96. The van der Waals surface area contributed by atoms with E-state index >= 15 is 0 Å². The van der Waals surface area contributed by atoms with E-state index in [4.69, 9.17) is 27.6 Å². The molecule has 0 unspecified atom stereocenters. The number of hydrogen-bond donors (Lipinski definition) is 0. The molecule has 0 atom stereocenters. The highest BCUT2D eigenvalue weighted by molar-refractivity contribution is 7.97. The Hall–Kier alpha value is -2.46. The number of nitrogens with zero attached hydrogens (tertiary/aromatic N) is 2. The molecule has 0 aliphatic rings. The van der Waals surface area contributed by atoms with Crippen molar-refractivity contribution in [2.45, 2.75) is 10.6 Å². The molecular formula is C19H14Cl2N2O5S2. The lowest BCUT2D eigenvalue weighted by Gasteiger charge is -1.99. The molecule has 1 heterocycles. The number of sulfone groups is 2. The normalized spacial score (nSPS) is 12.7. The lowest BCUT2D eigenvalue weighted by Crippen LogP contribution is -2.03. The summed E-state index contributed by atoms with van der Waals surface area (Å²) in [6, 6.07) is 12.4. The minimum atomic E-state index is -3.96. The van der Waals surface area contributed by atoms with E-state index in [1.807, 2.05) is 0 Å². The quantitative estimate of drug-likeness (QED) is 0.488. The van der Waals surface area contributed by atoms with Crippen molar-refractivity contribution >= 4 is 55.0 Å². The largest absolute Gasteiger partial charge is 0.420 e. The first-order valence-electron chi connectivity index (χ1n) is 8.30. The van der Waals surface area contributed by atoms with Gasteiger partial charge in [-0.05, 0) is 48.0 Å². The number of halogens is 2. The average Bonchev–Trinajstić information content (AvgIpc) is 3.13. The molecule has 0 saturated heterocycles. The monoisotopic (exact) mass is 484 g/mol. The molecule has 0 aliphatic heterocycles. The molecule has 0 aliphatic carbocycles. The van der Waals surface area contributed by atoms with Crippen LogP contribution in [0.15, 0.2) is 68.7 Å². The maximum Gasteiger partial charge on any atom is 0.240 e. The predicted octanol–water partition coefficient (Wildman–Crippen LogP) is 4.41. The predicted molar refractivity (Wildman–Crippen MR) is 115 cm³/mol. The number of rotatable bonds is 7. The summed E-state index contributed by atoms with van der Waals surface area (Å²) in [5.74, 6) is -0.700. The minimum Gasteiger partial charge on any atom is -0.420 e. The van der Waals surface area contributed by atoms with Crippen LogP contribution in [0.1, 0.15) is 17.3 Å². The first kappa shape index (κ1) is 22.2. The zero-order chi connectivity index (χ0) is 21.8. The molecule has 0 fully saturated rings. The highest BCUT2D eigenvalue weighted by Gasteiger charge is 2.17. The van der Waals surface area contributed by atoms with E-state index in [-0.39, 0.29) is 16.7 Å². The molecular weight excluding hydrogens is 471 g/mol. The van der Waals surface area contributed by atoms with Crippen LogP contribution in [0, 0.1) is 0 Å². The second-order valence-corrected chi connectivity index (χ2v) is 10.6. The van der Waals surface area contributed by atoms with Gasteiger partial charge in [0.15, 0.2) is 9.84 Å². The Morgan fingerprint density at radius 3 is 2.03 bits per heavy atom. The van der Waals surface area contributed by atoms with Crippen molar-refractivity contribution < 1.29 is 21.3 Å². The summed E-state index contributed by atoms with van der Waals surface area (Å²) in [6.07, 6.45) is 3.22. The van der Waals surface area contributed by atoms with Gasteiger partial charge in [-0.1, -0.05) is 35.3 Å². The smallest absolute Gasteiger partial charge is 0.240 e. The Kier molecular flexibility index (Phi) is 6.77. The SMILES string of the molecule is O=S(=O)(C=CS(=O)(=O)c1ccc(Cl)cc1)Cc1nnc(C=Cc2ccc(Cl)cc2)o1. The lowest BCUT2D eigenvalue weighted by atomic mass is 10.2. The highest BCUT2D eigenvalue weighted by atomic mass is 35.5. The van der Waals surface area contributed by atoms with Gasteiger partial charge < -0.3 is 4.42 Å². The van der Waals surface area contributed by atoms with Crippen molar-refractivity contribution in [3.05, 3.63) is 86.7 Å². The van der Waals surface area contributed by atoms with Crippen LogP contribution in [-0.4, -0.2) is 27.0 Å². The number of benzene rings is 2. The Labute approximate surface area is 183 Å². The summed E-state index contributed by atoms with van der Waals surface area (Å²) >= 11 is 11.5. The molecule has 0 bridgehead atoms. The second-order valence-electron chi connectivity index (χ2n) is 6.00. The summed E-state index contributed by atoms with van der Waals surface area (Å²) in [7, 11) is -7.91. The molecule has 7 nitrogen and oxygen atoms in total. The molecule has 0 saturated carbocycles. The van der Waals surface area contributed by atoms with E-state index in [9.17, 15) is 16.8 Å². The highest BCUT2D eigenvalue weighted by Crippen LogP contribution is 2.18. The van der Waals surface area contributed by atoms with Gasteiger partial charge in [-0.25, -0.2) is 16.8 Å². The van der Waals surface area contributed by atoms with E-state index < -0.39 is 25.4 Å². The van der Waals surface area contributed by atoms with Gasteiger partial charge in [-0.3, -0.25) is 0 Å². The third-order valence-corrected chi connectivity index (χ3v) is 6.98. The Morgan fingerprint density at radius 1 is 0.800 bits per heavy atom. The fourth-order valence-electron chi connectivity index (χ4n) is 2.21. The Bertz CT molecular complexity index is 1300. The van der Waals surface area contributed by atoms with E-state index in [2.05, 4.69) is 10.2 Å². The molecule has 0 amide bonds. The van der Waals surface area contributed by atoms with Crippen molar-refractivity contribution in [1.29, 1.82) is 0 Å². The van der Waals surface area contributed by atoms with Crippen molar-refractivity contribution in [1.82, 2.24) is 10.2 Å². The van der Waals surface area contributed by atoms with Gasteiger partial charge >= 0.3 is 0 Å². The summed E-state index contributed by atoms with van der Waals surface area (Å²) in [5, 5.41) is 9.60. The third-order valence-electron chi connectivity index (χ3n) is 3.68. The van der Waals surface area contributed by atoms with Crippen molar-refractivity contribution in [3.8, 4) is 0 Å². The molecule has 2 aromatic carbocycles. The lowest BCUT2D eigenvalue weighted by molar-refractivity contribution is 0.499. The van der Waals surface area contributed by atoms with Gasteiger partial charge in [0.25, 0.3) is 0 Å². The zero-order valence-corrected chi connectivity index (χ0v) is 18.3. The van der Waals surface area contributed by atoms with Crippen LogP contribution >= 0.6 is 23.2 Å². The van der Waals surface area contributed by atoms with Crippen molar-refractivity contribution in [2.24, 2.45) is 0 Å². The maximum atomic E-state index is 12.2. The molecule has 11 heteroatoms. The second kappa shape index (κ2) is 9.13. The summed E-state index contributed by atoms with van der Waals surface area (Å²) < 4.78 is 54.2. The molecule has 0 N–H and O–H groups in total. The van der Waals surface area contributed by atoms with Gasteiger partial charge in [0.1, 0.15) is 5.75 Å². The Morgan fingerprint density at radius 2 is 1.40 bits per heavy atom. The average molecular weight is 485 g/mol. The van der Waals surface area contributed by atoms with E-state index in [1.54, 1.807) is 30.3 Å². The van der Waals surface area contributed by atoms with E-state index in [0.29, 0.717) is 20.9 Å². The first-order chi connectivity index (χ1) is 14.1. The molecule has 30 heavy (non-hydrogen) atoms. The van der Waals surface area contributed by atoms with Crippen LogP contribution in [-0.2, 0) is 25.4 Å². The van der Waals surface area contributed by atoms with Gasteiger partial charge in [-0.15, -0.1) is 10.2 Å². The molecule has 156 valence electrons. The zero-order valence-electron chi connectivity index (χ0n) is 15.1. The van der Waals surface area contributed by atoms with E-state index in [0.717, 1.165) is 5.56 Å². The number of aromatic nitrogens is 2. The van der Waals surface area contributed by atoms with Crippen LogP contribution in [0.25, 0.3) is 12.2 Å². The van der Waals surface area contributed by atoms with Crippen molar-refractivity contribution in [3.63, 3.8) is 0 Å². The first-order valence-corrected chi connectivity index (χ1v) is 12.3. The summed E-state index contributed by atoms with van der Waals surface area (Å²) in [5.41, 5.74) is 0.835. The van der Waals surface area contributed by atoms with Crippen LogP contribution in [0.3, 0.4) is 0 Å². The van der Waals surface area contributed by atoms with Crippen LogP contribution in [0.4, 0.5) is 0 Å². The topological polar surface area (TPSA) is 107 Å². The van der Waals surface area contributed by atoms with Gasteiger partial charge in [0.05, 0.1) is 4.90 Å². The fraction of sp³-hybridized carbons (Fsp3) is 0.0526. The minimum absolute atomic E-state index is 0.0780. The molecule has 3 rings (SSSR count). The van der Waals surface area contributed by atoms with Gasteiger partial charge in [0, 0.05) is 26.9 Å². The summed E-state index contributed by atoms with van der Waals surface area (Å²) in [6.45, 7) is 0. The van der Waals surface area contributed by atoms with E-state index in [1.165, 1.54) is 30.3 Å². The molecule has 0 spiro atoms. The maximum absolute atomic E-state index is 12.2. The van der Waals surface area contributed by atoms with Crippen LogP contribution in [0.5, 0.6) is 0 Å². The summed E-state index contributed by atoms with van der Waals surface area (Å²) in [4.78, 5) is -0.0780. The molecule has 3 aromatic rings. The van der Waals surface area contributed by atoms with Crippen LogP contribution < -0.4 is 0 Å². The molecule has 0 radical (unpaired) electrons.